The third kappa shape index (κ3) is 1.06. The molecule has 0 bridgehead atoms. The summed E-state index contributed by atoms with van der Waals surface area (Å²) in [6.07, 6.45) is 8.29. The predicted molar refractivity (Wildman–Crippen MR) is 66.4 cm³/mol. The highest BCUT2D eigenvalue weighted by Gasteiger charge is 2.10. The molecule has 0 aliphatic heterocycles. The number of hydrogen-bond acceptors (Lipinski definition) is 4. The molecule has 0 fully saturated rings. The van der Waals surface area contributed by atoms with Crippen LogP contribution in [0.5, 0.6) is 0 Å². The molecule has 0 saturated heterocycles. The van der Waals surface area contributed by atoms with Gasteiger partial charge in [0.25, 0.3) is 5.56 Å². The van der Waals surface area contributed by atoms with Crippen LogP contribution in [0.2, 0.25) is 0 Å². The standard InChI is InChI=1S/C12H7N5O/c18-12-8-5-13-2-1-7(8)10-11(16-12)17-4-3-14-6-9(17)15-10/h1-6H,(H,16,18). The highest BCUT2D eigenvalue weighted by Crippen LogP contribution is 2.20. The Kier molecular flexibility index (Phi) is 1.62. The number of aromatic nitrogens is 5. The van der Waals surface area contributed by atoms with E-state index in [0.29, 0.717) is 16.7 Å². The van der Waals surface area contributed by atoms with E-state index < -0.39 is 0 Å². The topological polar surface area (TPSA) is 75.9 Å². The Balaban J connectivity index is 2.40. The minimum Gasteiger partial charge on any atom is -0.306 e. The van der Waals surface area contributed by atoms with Crippen molar-refractivity contribution in [2.45, 2.75) is 0 Å². The van der Waals surface area contributed by atoms with E-state index in [1.165, 1.54) is 0 Å². The fraction of sp³-hybridized carbons (Fsp3) is 0. The maximum atomic E-state index is 12.0. The summed E-state index contributed by atoms with van der Waals surface area (Å²) in [5.41, 5.74) is 1.97. The lowest BCUT2D eigenvalue weighted by Crippen LogP contribution is -2.07. The summed E-state index contributed by atoms with van der Waals surface area (Å²) >= 11 is 0. The second-order valence-electron chi connectivity index (χ2n) is 3.99. The Morgan fingerprint density at radius 1 is 1.11 bits per heavy atom. The fourth-order valence-electron chi connectivity index (χ4n) is 2.17. The van der Waals surface area contributed by atoms with E-state index in [1.807, 2.05) is 4.40 Å². The molecule has 4 heterocycles. The third-order valence-electron chi connectivity index (χ3n) is 2.98. The Hall–Kier alpha value is -2.76. The maximum Gasteiger partial charge on any atom is 0.259 e. The first-order valence-corrected chi connectivity index (χ1v) is 5.42. The van der Waals surface area contributed by atoms with Crippen molar-refractivity contribution in [2.75, 3.05) is 0 Å². The molecule has 0 aromatic carbocycles. The summed E-state index contributed by atoms with van der Waals surface area (Å²) in [6, 6.07) is 1.80. The monoisotopic (exact) mass is 237 g/mol. The number of fused-ring (bicyclic) bond motifs is 5. The zero-order valence-corrected chi connectivity index (χ0v) is 9.16. The van der Waals surface area contributed by atoms with Crippen LogP contribution in [-0.2, 0) is 0 Å². The molecule has 0 radical (unpaired) electrons. The van der Waals surface area contributed by atoms with Gasteiger partial charge in [0.1, 0.15) is 11.2 Å². The Labute approximate surface area is 100.0 Å². The molecule has 4 aromatic heterocycles. The van der Waals surface area contributed by atoms with Gasteiger partial charge in [-0.15, -0.1) is 0 Å². The molecule has 0 aliphatic rings. The molecule has 6 heteroatoms. The number of nitrogens with one attached hydrogen (secondary N) is 1. The SMILES string of the molecule is O=c1[nH]c2c(nc3cnccn32)c2ccncc12. The van der Waals surface area contributed by atoms with Gasteiger partial charge in [-0.1, -0.05) is 0 Å². The van der Waals surface area contributed by atoms with E-state index in [1.54, 1.807) is 37.1 Å². The van der Waals surface area contributed by atoms with Gasteiger partial charge in [-0.3, -0.25) is 19.2 Å². The first kappa shape index (κ1) is 9.29. The molecule has 6 nitrogen and oxygen atoms in total. The maximum absolute atomic E-state index is 12.0. The van der Waals surface area contributed by atoms with Crippen molar-refractivity contribution in [3.63, 3.8) is 0 Å². The van der Waals surface area contributed by atoms with Gasteiger partial charge >= 0.3 is 0 Å². The molecular formula is C12H7N5O. The lowest BCUT2D eigenvalue weighted by Gasteiger charge is -1.97. The minimum atomic E-state index is -0.163. The normalized spacial score (nSPS) is 11.6. The van der Waals surface area contributed by atoms with Crippen LogP contribution in [0.1, 0.15) is 0 Å². The van der Waals surface area contributed by atoms with Gasteiger partial charge in [0.05, 0.1) is 11.6 Å². The van der Waals surface area contributed by atoms with Crippen LogP contribution in [0.25, 0.3) is 27.6 Å². The van der Waals surface area contributed by atoms with Crippen molar-refractivity contribution in [2.24, 2.45) is 0 Å². The van der Waals surface area contributed by atoms with Gasteiger partial charge in [0, 0.05) is 30.2 Å². The lowest BCUT2D eigenvalue weighted by atomic mass is 10.2. The summed E-state index contributed by atoms with van der Waals surface area (Å²) in [6.45, 7) is 0. The second kappa shape index (κ2) is 3.13. The highest BCUT2D eigenvalue weighted by atomic mass is 16.1. The summed E-state index contributed by atoms with van der Waals surface area (Å²) in [4.78, 5) is 27.3. The van der Waals surface area contributed by atoms with Gasteiger partial charge in [-0.25, -0.2) is 4.98 Å². The third-order valence-corrected chi connectivity index (χ3v) is 2.98. The van der Waals surface area contributed by atoms with Gasteiger partial charge in [0.15, 0.2) is 5.65 Å². The Bertz CT molecular complexity index is 953. The van der Waals surface area contributed by atoms with Crippen LogP contribution in [0.15, 0.2) is 41.8 Å². The van der Waals surface area contributed by atoms with Crippen LogP contribution < -0.4 is 5.56 Å². The smallest absolute Gasteiger partial charge is 0.259 e. The van der Waals surface area contributed by atoms with E-state index >= 15 is 0 Å². The van der Waals surface area contributed by atoms with Crippen LogP contribution in [0, 0.1) is 0 Å². The quantitative estimate of drug-likeness (QED) is 0.497. The summed E-state index contributed by atoms with van der Waals surface area (Å²) in [5, 5.41) is 1.34. The van der Waals surface area contributed by atoms with Gasteiger partial charge in [0.2, 0.25) is 0 Å². The van der Waals surface area contributed by atoms with E-state index in [4.69, 9.17) is 0 Å². The fourth-order valence-corrected chi connectivity index (χ4v) is 2.17. The van der Waals surface area contributed by atoms with Crippen molar-refractivity contribution in [3.8, 4) is 0 Å². The van der Waals surface area contributed by atoms with Crippen molar-refractivity contribution in [3.05, 3.63) is 47.4 Å². The number of imidazole rings is 1. The molecule has 0 unspecified atom stereocenters. The first-order valence-electron chi connectivity index (χ1n) is 5.42. The van der Waals surface area contributed by atoms with Crippen LogP contribution in [0.3, 0.4) is 0 Å². The molecule has 1 N–H and O–H groups in total. The molecule has 4 aromatic rings. The van der Waals surface area contributed by atoms with Gasteiger partial charge in [-0.05, 0) is 6.07 Å². The molecule has 0 spiro atoms. The van der Waals surface area contributed by atoms with Crippen LogP contribution >= 0.6 is 0 Å². The number of hydrogen-bond donors (Lipinski definition) is 1. The average molecular weight is 237 g/mol. The van der Waals surface area contributed by atoms with E-state index in [9.17, 15) is 4.79 Å². The van der Waals surface area contributed by atoms with Crippen LogP contribution in [0.4, 0.5) is 0 Å². The van der Waals surface area contributed by atoms with Gasteiger partial charge in [-0.2, -0.15) is 0 Å². The number of H-pyrrole nitrogens is 1. The summed E-state index contributed by atoms with van der Waals surface area (Å²) in [7, 11) is 0. The molecular weight excluding hydrogens is 230 g/mol. The van der Waals surface area contributed by atoms with Crippen molar-refractivity contribution < 1.29 is 0 Å². The number of aromatic amines is 1. The Morgan fingerprint density at radius 3 is 2.94 bits per heavy atom. The minimum absolute atomic E-state index is 0.163. The zero-order chi connectivity index (χ0) is 12.1. The lowest BCUT2D eigenvalue weighted by molar-refractivity contribution is 1.12. The number of nitrogens with zero attached hydrogens (tertiary/aromatic N) is 4. The summed E-state index contributed by atoms with van der Waals surface area (Å²) in [5.74, 6) is 0. The second-order valence-corrected chi connectivity index (χ2v) is 3.99. The number of rotatable bonds is 0. The number of pyridine rings is 2. The molecule has 0 amide bonds. The molecule has 0 aliphatic carbocycles. The van der Waals surface area contributed by atoms with E-state index in [-0.39, 0.29) is 5.56 Å². The van der Waals surface area contributed by atoms with E-state index in [0.717, 1.165) is 10.9 Å². The van der Waals surface area contributed by atoms with Gasteiger partial charge < -0.3 is 4.98 Å². The average Bonchev–Trinajstić information content (AvgIpc) is 2.78. The van der Waals surface area contributed by atoms with Crippen molar-refractivity contribution in [1.82, 2.24) is 24.3 Å². The van der Waals surface area contributed by atoms with E-state index in [2.05, 4.69) is 19.9 Å². The predicted octanol–water partition coefficient (Wildman–Crippen LogP) is 1.12. The highest BCUT2D eigenvalue weighted by molar-refractivity contribution is 6.02. The Morgan fingerprint density at radius 2 is 2.00 bits per heavy atom. The van der Waals surface area contributed by atoms with Crippen molar-refractivity contribution in [1.29, 1.82) is 0 Å². The zero-order valence-electron chi connectivity index (χ0n) is 9.16. The molecule has 0 saturated carbocycles. The first-order chi connectivity index (χ1) is 8.84. The molecule has 0 atom stereocenters. The summed E-state index contributed by atoms with van der Waals surface area (Å²) < 4.78 is 1.81. The molecule has 86 valence electrons. The van der Waals surface area contributed by atoms with Crippen LogP contribution in [-0.4, -0.2) is 24.3 Å². The van der Waals surface area contributed by atoms with Crippen molar-refractivity contribution >= 4 is 27.6 Å². The molecule has 4 rings (SSSR count). The molecule has 18 heavy (non-hydrogen) atoms. The largest absolute Gasteiger partial charge is 0.306 e.